The monoisotopic (exact) mass is 341 g/mol. The van der Waals surface area contributed by atoms with E-state index in [0.717, 1.165) is 43.0 Å². The molecule has 1 aliphatic heterocycles. The van der Waals surface area contributed by atoms with Crippen molar-refractivity contribution in [3.63, 3.8) is 0 Å². The number of carbonyl (C=O) groups excluding carboxylic acids is 1. The summed E-state index contributed by atoms with van der Waals surface area (Å²) in [6, 6.07) is 7.03. The number of benzene rings is 1. The number of carbonyl (C=O) groups is 1. The predicted molar refractivity (Wildman–Crippen MR) is 90.9 cm³/mol. The highest BCUT2D eigenvalue weighted by atomic mass is 19.1. The molecule has 2 aromatic heterocycles. The standard InChI is InChI=1S/C19H17F2N3O/c20-15-7-13(8-16(21)10-15)14-9-18-17(22-11-14)3-6-24(18)12-19(25)23-4-1-2-5-23/h3,6-11H,1-2,4-5,12H2. The molecule has 128 valence electrons. The number of halogens is 2. The molecule has 6 heteroatoms. The fraction of sp³-hybridized carbons (Fsp3) is 0.263. The Morgan fingerprint density at radius 3 is 2.48 bits per heavy atom. The van der Waals surface area contributed by atoms with Crippen molar-refractivity contribution in [2.45, 2.75) is 19.4 Å². The number of aromatic nitrogens is 2. The Labute approximate surface area is 143 Å². The minimum Gasteiger partial charge on any atom is -0.341 e. The van der Waals surface area contributed by atoms with Crippen LogP contribution < -0.4 is 0 Å². The molecule has 0 bridgehead atoms. The van der Waals surface area contributed by atoms with Gasteiger partial charge < -0.3 is 9.47 Å². The molecule has 3 aromatic rings. The average Bonchev–Trinajstić information content (AvgIpc) is 3.24. The Bertz CT molecular complexity index is 925. The van der Waals surface area contributed by atoms with Crippen molar-refractivity contribution >= 4 is 16.9 Å². The van der Waals surface area contributed by atoms with E-state index in [0.29, 0.717) is 11.1 Å². The van der Waals surface area contributed by atoms with Crippen LogP contribution in [0.15, 0.2) is 42.7 Å². The first-order valence-corrected chi connectivity index (χ1v) is 8.29. The van der Waals surface area contributed by atoms with Crippen molar-refractivity contribution < 1.29 is 13.6 Å². The first kappa shape index (κ1) is 15.7. The maximum Gasteiger partial charge on any atom is 0.242 e. The van der Waals surface area contributed by atoms with Gasteiger partial charge in [-0.2, -0.15) is 0 Å². The second-order valence-corrected chi connectivity index (χ2v) is 6.32. The summed E-state index contributed by atoms with van der Waals surface area (Å²) < 4.78 is 28.8. The van der Waals surface area contributed by atoms with Crippen LogP contribution in [-0.2, 0) is 11.3 Å². The SMILES string of the molecule is O=C(Cn1ccc2ncc(-c3cc(F)cc(F)c3)cc21)N1CCCC1. The van der Waals surface area contributed by atoms with Gasteiger partial charge in [0.05, 0.1) is 11.0 Å². The molecule has 0 aliphatic carbocycles. The fourth-order valence-electron chi connectivity index (χ4n) is 3.29. The average molecular weight is 341 g/mol. The first-order valence-electron chi connectivity index (χ1n) is 8.29. The molecule has 1 fully saturated rings. The molecule has 4 rings (SSSR count). The molecule has 1 saturated heterocycles. The molecule has 0 unspecified atom stereocenters. The third-order valence-electron chi connectivity index (χ3n) is 4.58. The van der Waals surface area contributed by atoms with Crippen LogP contribution in [0.3, 0.4) is 0 Å². The van der Waals surface area contributed by atoms with E-state index in [1.165, 1.54) is 12.1 Å². The Kier molecular flexibility index (Phi) is 3.95. The van der Waals surface area contributed by atoms with E-state index in [4.69, 9.17) is 0 Å². The molecule has 0 atom stereocenters. The minimum absolute atomic E-state index is 0.0807. The highest BCUT2D eigenvalue weighted by molar-refractivity contribution is 5.84. The van der Waals surface area contributed by atoms with E-state index in [2.05, 4.69) is 4.98 Å². The summed E-state index contributed by atoms with van der Waals surface area (Å²) >= 11 is 0. The molecule has 4 nitrogen and oxygen atoms in total. The Morgan fingerprint density at radius 1 is 1.04 bits per heavy atom. The van der Waals surface area contributed by atoms with E-state index in [-0.39, 0.29) is 12.5 Å². The molecule has 1 amide bonds. The lowest BCUT2D eigenvalue weighted by Gasteiger charge is -2.16. The zero-order chi connectivity index (χ0) is 17.4. The van der Waals surface area contributed by atoms with Crippen molar-refractivity contribution in [1.82, 2.24) is 14.5 Å². The second kappa shape index (κ2) is 6.27. The molecule has 0 spiro atoms. The van der Waals surface area contributed by atoms with Crippen LogP contribution >= 0.6 is 0 Å². The van der Waals surface area contributed by atoms with Crippen LogP contribution in [0.4, 0.5) is 8.78 Å². The van der Waals surface area contributed by atoms with Gasteiger partial charge in [0.2, 0.25) is 5.91 Å². The van der Waals surface area contributed by atoms with Gasteiger partial charge in [-0.1, -0.05) is 0 Å². The number of pyridine rings is 1. The van der Waals surface area contributed by atoms with Crippen molar-refractivity contribution in [3.05, 3.63) is 54.4 Å². The van der Waals surface area contributed by atoms with Gasteiger partial charge in [0.1, 0.15) is 18.2 Å². The number of nitrogens with zero attached hydrogens (tertiary/aromatic N) is 3. The van der Waals surface area contributed by atoms with Crippen LogP contribution in [0.1, 0.15) is 12.8 Å². The third kappa shape index (κ3) is 3.12. The quantitative estimate of drug-likeness (QED) is 0.730. The number of hydrogen-bond acceptors (Lipinski definition) is 2. The maximum atomic E-state index is 13.5. The minimum atomic E-state index is -0.630. The highest BCUT2D eigenvalue weighted by Crippen LogP contribution is 2.25. The van der Waals surface area contributed by atoms with Crippen LogP contribution in [0.2, 0.25) is 0 Å². The lowest BCUT2D eigenvalue weighted by atomic mass is 10.1. The van der Waals surface area contributed by atoms with Gasteiger partial charge in [-0.15, -0.1) is 0 Å². The largest absolute Gasteiger partial charge is 0.341 e. The summed E-state index contributed by atoms with van der Waals surface area (Å²) in [5, 5.41) is 0. The lowest BCUT2D eigenvalue weighted by Crippen LogP contribution is -2.30. The summed E-state index contributed by atoms with van der Waals surface area (Å²) in [6.45, 7) is 1.86. The van der Waals surface area contributed by atoms with E-state index < -0.39 is 11.6 Å². The van der Waals surface area contributed by atoms with Crippen molar-refractivity contribution in [3.8, 4) is 11.1 Å². The summed E-state index contributed by atoms with van der Waals surface area (Å²) in [7, 11) is 0. The first-order chi connectivity index (χ1) is 12.1. The summed E-state index contributed by atoms with van der Waals surface area (Å²) in [5.74, 6) is -1.18. The number of amides is 1. The van der Waals surface area contributed by atoms with E-state index in [9.17, 15) is 13.6 Å². The Hall–Kier alpha value is -2.76. The van der Waals surface area contributed by atoms with Crippen LogP contribution in [0, 0.1) is 11.6 Å². The van der Waals surface area contributed by atoms with E-state index >= 15 is 0 Å². The van der Waals surface area contributed by atoms with Gasteiger partial charge in [0.15, 0.2) is 0 Å². The molecule has 0 N–H and O–H groups in total. The van der Waals surface area contributed by atoms with Gasteiger partial charge in [0.25, 0.3) is 0 Å². The third-order valence-corrected chi connectivity index (χ3v) is 4.58. The zero-order valence-corrected chi connectivity index (χ0v) is 13.6. The van der Waals surface area contributed by atoms with Crippen LogP contribution in [-0.4, -0.2) is 33.4 Å². The number of fused-ring (bicyclic) bond motifs is 1. The molecule has 3 heterocycles. The van der Waals surface area contributed by atoms with Gasteiger partial charge in [-0.3, -0.25) is 9.78 Å². The molecule has 1 aromatic carbocycles. The predicted octanol–water partition coefficient (Wildman–Crippen LogP) is 3.60. The van der Waals surface area contributed by atoms with Crippen LogP contribution in [0.5, 0.6) is 0 Å². The molecular weight excluding hydrogens is 324 g/mol. The highest BCUT2D eigenvalue weighted by Gasteiger charge is 2.18. The van der Waals surface area contributed by atoms with Gasteiger partial charge in [-0.25, -0.2) is 8.78 Å². The molecular formula is C19H17F2N3O. The fourth-order valence-corrected chi connectivity index (χ4v) is 3.29. The zero-order valence-electron chi connectivity index (χ0n) is 13.6. The smallest absolute Gasteiger partial charge is 0.242 e. The van der Waals surface area contributed by atoms with Gasteiger partial charge in [0, 0.05) is 37.1 Å². The summed E-state index contributed by atoms with van der Waals surface area (Å²) in [6.07, 6.45) is 5.51. The molecule has 1 aliphatic rings. The topological polar surface area (TPSA) is 38.1 Å². The number of rotatable bonds is 3. The van der Waals surface area contributed by atoms with E-state index in [1.54, 1.807) is 6.20 Å². The molecule has 0 saturated carbocycles. The maximum absolute atomic E-state index is 13.5. The second-order valence-electron chi connectivity index (χ2n) is 6.32. The van der Waals surface area contributed by atoms with Gasteiger partial charge in [-0.05, 0) is 42.7 Å². The molecule has 25 heavy (non-hydrogen) atoms. The Balaban J connectivity index is 1.68. The van der Waals surface area contributed by atoms with E-state index in [1.807, 2.05) is 27.8 Å². The number of hydrogen-bond donors (Lipinski definition) is 0. The van der Waals surface area contributed by atoms with Gasteiger partial charge >= 0.3 is 0 Å². The summed E-state index contributed by atoms with van der Waals surface area (Å²) in [5.41, 5.74) is 2.55. The van der Waals surface area contributed by atoms with Crippen molar-refractivity contribution in [2.24, 2.45) is 0 Å². The normalized spacial score (nSPS) is 14.4. The summed E-state index contributed by atoms with van der Waals surface area (Å²) in [4.78, 5) is 18.6. The van der Waals surface area contributed by atoms with Crippen LogP contribution in [0.25, 0.3) is 22.2 Å². The van der Waals surface area contributed by atoms with Crippen molar-refractivity contribution in [1.29, 1.82) is 0 Å². The lowest BCUT2D eigenvalue weighted by molar-refractivity contribution is -0.130. The number of likely N-dealkylation sites (tertiary alicyclic amines) is 1. The Morgan fingerprint density at radius 2 is 1.76 bits per heavy atom. The van der Waals surface area contributed by atoms with Crippen molar-refractivity contribution in [2.75, 3.05) is 13.1 Å². The molecule has 0 radical (unpaired) electrons.